The number of carbonyl (C=O) groups is 2. The Morgan fingerprint density at radius 1 is 1.23 bits per heavy atom. The van der Waals surface area contributed by atoms with E-state index in [1.54, 1.807) is 24.3 Å². The molecule has 6 nitrogen and oxygen atoms in total. The molecular formula is C16H21NO5. The zero-order valence-corrected chi connectivity index (χ0v) is 12.4. The number of carboxylic acid groups (broad SMARTS) is 1. The summed E-state index contributed by atoms with van der Waals surface area (Å²) in [6.07, 6.45) is 3.45. The van der Waals surface area contributed by atoms with E-state index in [9.17, 15) is 9.59 Å². The lowest BCUT2D eigenvalue weighted by Gasteiger charge is -2.21. The monoisotopic (exact) mass is 307 g/mol. The first-order valence-corrected chi connectivity index (χ1v) is 7.46. The van der Waals surface area contributed by atoms with Crippen molar-refractivity contribution in [1.29, 1.82) is 0 Å². The van der Waals surface area contributed by atoms with Crippen molar-refractivity contribution in [3.8, 4) is 5.75 Å². The van der Waals surface area contributed by atoms with Gasteiger partial charge in [0.1, 0.15) is 5.75 Å². The van der Waals surface area contributed by atoms with Crippen LogP contribution in [0, 0.1) is 5.92 Å². The third-order valence-electron chi connectivity index (χ3n) is 3.62. The summed E-state index contributed by atoms with van der Waals surface area (Å²) >= 11 is 0. The van der Waals surface area contributed by atoms with Gasteiger partial charge in [-0.2, -0.15) is 0 Å². The van der Waals surface area contributed by atoms with Crippen molar-refractivity contribution in [2.75, 3.05) is 25.1 Å². The molecule has 0 spiro atoms. The minimum absolute atomic E-state index is 0.00861. The van der Waals surface area contributed by atoms with Crippen molar-refractivity contribution in [2.45, 2.75) is 25.7 Å². The van der Waals surface area contributed by atoms with Gasteiger partial charge in [-0.1, -0.05) is 0 Å². The van der Waals surface area contributed by atoms with Crippen LogP contribution in [0.1, 0.15) is 25.7 Å². The normalized spacial score (nSPS) is 15.3. The summed E-state index contributed by atoms with van der Waals surface area (Å²) in [4.78, 5) is 22.3. The highest BCUT2D eigenvalue weighted by molar-refractivity contribution is 5.90. The second kappa shape index (κ2) is 8.38. The molecule has 22 heavy (non-hydrogen) atoms. The maximum atomic E-state index is 11.9. The summed E-state index contributed by atoms with van der Waals surface area (Å²) in [5.41, 5.74) is 0.680. The second-order valence-corrected chi connectivity index (χ2v) is 5.35. The average molecular weight is 307 g/mol. The van der Waals surface area contributed by atoms with E-state index in [0.717, 1.165) is 32.5 Å². The Labute approximate surface area is 129 Å². The number of nitrogens with one attached hydrogen (secondary N) is 1. The first kappa shape index (κ1) is 16.3. The molecular weight excluding hydrogens is 286 g/mol. The maximum Gasteiger partial charge on any atom is 0.341 e. The highest BCUT2D eigenvalue weighted by atomic mass is 16.5. The molecule has 0 aliphatic carbocycles. The van der Waals surface area contributed by atoms with Gasteiger partial charge in [-0.05, 0) is 49.4 Å². The first-order valence-electron chi connectivity index (χ1n) is 7.46. The summed E-state index contributed by atoms with van der Waals surface area (Å²) in [7, 11) is 0. The fourth-order valence-corrected chi connectivity index (χ4v) is 2.37. The molecule has 2 rings (SSSR count). The Bertz CT molecular complexity index is 494. The molecule has 1 fully saturated rings. The van der Waals surface area contributed by atoms with Gasteiger partial charge in [0.15, 0.2) is 6.61 Å². The molecule has 6 heteroatoms. The molecule has 1 aliphatic heterocycles. The summed E-state index contributed by atoms with van der Waals surface area (Å²) in [5, 5.41) is 11.4. The molecule has 2 N–H and O–H groups in total. The standard InChI is InChI=1S/C16H21NO5/c18-15(6-1-12-7-9-21-10-8-12)17-13-2-4-14(5-3-13)22-11-16(19)20/h2-5,12H,1,6-11H2,(H,17,18)(H,19,20). The van der Waals surface area contributed by atoms with Crippen molar-refractivity contribution in [3.63, 3.8) is 0 Å². The fraction of sp³-hybridized carbons (Fsp3) is 0.500. The lowest BCUT2D eigenvalue weighted by molar-refractivity contribution is -0.139. The largest absolute Gasteiger partial charge is 0.482 e. The number of carbonyl (C=O) groups excluding carboxylic acids is 1. The van der Waals surface area contributed by atoms with E-state index in [1.165, 1.54) is 0 Å². The molecule has 0 radical (unpaired) electrons. The number of ether oxygens (including phenoxy) is 2. The molecule has 0 aromatic heterocycles. The smallest absolute Gasteiger partial charge is 0.341 e. The Morgan fingerprint density at radius 2 is 1.91 bits per heavy atom. The van der Waals surface area contributed by atoms with E-state index in [-0.39, 0.29) is 12.5 Å². The van der Waals surface area contributed by atoms with Crippen molar-refractivity contribution in [3.05, 3.63) is 24.3 Å². The van der Waals surface area contributed by atoms with Crippen LogP contribution in [-0.4, -0.2) is 36.8 Å². The summed E-state index contributed by atoms with van der Waals surface area (Å²) < 4.78 is 10.3. The Morgan fingerprint density at radius 3 is 2.55 bits per heavy atom. The number of anilines is 1. The molecule has 1 amide bonds. The predicted octanol–water partition coefficient (Wildman–Crippen LogP) is 2.30. The van der Waals surface area contributed by atoms with Crippen LogP contribution in [0.25, 0.3) is 0 Å². The van der Waals surface area contributed by atoms with Crippen LogP contribution in [0.15, 0.2) is 24.3 Å². The molecule has 0 saturated carbocycles. The number of hydrogen-bond acceptors (Lipinski definition) is 4. The molecule has 120 valence electrons. The van der Waals surface area contributed by atoms with Gasteiger partial charge in [0.05, 0.1) is 0 Å². The van der Waals surface area contributed by atoms with Gasteiger partial charge in [-0.15, -0.1) is 0 Å². The summed E-state index contributed by atoms with van der Waals surface area (Å²) in [5.74, 6) is 0.00471. The molecule has 1 aromatic carbocycles. The second-order valence-electron chi connectivity index (χ2n) is 5.35. The van der Waals surface area contributed by atoms with Crippen molar-refractivity contribution >= 4 is 17.6 Å². The van der Waals surface area contributed by atoms with Crippen LogP contribution >= 0.6 is 0 Å². The molecule has 1 aliphatic rings. The van der Waals surface area contributed by atoms with Crippen molar-refractivity contribution < 1.29 is 24.2 Å². The van der Waals surface area contributed by atoms with Gasteiger partial charge >= 0.3 is 5.97 Å². The van der Waals surface area contributed by atoms with Crippen LogP contribution in [0.4, 0.5) is 5.69 Å². The molecule has 1 aromatic rings. The maximum absolute atomic E-state index is 11.9. The van der Waals surface area contributed by atoms with Crippen molar-refractivity contribution in [2.24, 2.45) is 5.92 Å². The van der Waals surface area contributed by atoms with Gasteiger partial charge < -0.3 is 19.9 Å². The number of aliphatic carboxylic acids is 1. The van der Waals surface area contributed by atoms with E-state index in [2.05, 4.69) is 5.32 Å². The van der Waals surface area contributed by atoms with Gasteiger partial charge in [0.2, 0.25) is 5.91 Å². The number of hydrogen-bond donors (Lipinski definition) is 2. The highest BCUT2D eigenvalue weighted by Crippen LogP contribution is 2.21. The third kappa shape index (κ3) is 5.73. The molecule has 0 unspecified atom stereocenters. The van der Waals surface area contributed by atoms with Gasteiger partial charge in [-0.3, -0.25) is 4.79 Å². The van der Waals surface area contributed by atoms with Crippen LogP contribution in [-0.2, 0) is 14.3 Å². The zero-order chi connectivity index (χ0) is 15.8. The summed E-state index contributed by atoms with van der Waals surface area (Å²) in [6, 6.07) is 6.67. The average Bonchev–Trinajstić information content (AvgIpc) is 2.53. The van der Waals surface area contributed by atoms with Crippen LogP contribution in [0.2, 0.25) is 0 Å². The highest BCUT2D eigenvalue weighted by Gasteiger charge is 2.15. The number of amides is 1. The molecule has 0 atom stereocenters. The minimum Gasteiger partial charge on any atom is -0.482 e. The predicted molar refractivity (Wildman–Crippen MR) is 81.0 cm³/mol. The lowest BCUT2D eigenvalue weighted by Crippen LogP contribution is -2.18. The van der Waals surface area contributed by atoms with Crippen molar-refractivity contribution in [1.82, 2.24) is 0 Å². The van der Waals surface area contributed by atoms with E-state index >= 15 is 0 Å². The first-order chi connectivity index (χ1) is 10.6. The Kier molecular flexibility index (Phi) is 6.21. The third-order valence-corrected chi connectivity index (χ3v) is 3.62. The number of carboxylic acids is 1. The SMILES string of the molecule is O=C(O)COc1ccc(NC(=O)CCC2CCOCC2)cc1. The van der Waals surface area contributed by atoms with Crippen LogP contribution in [0.3, 0.4) is 0 Å². The van der Waals surface area contributed by atoms with Gasteiger partial charge in [-0.25, -0.2) is 4.79 Å². The van der Waals surface area contributed by atoms with E-state index in [1.807, 2.05) is 0 Å². The van der Waals surface area contributed by atoms with E-state index < -0.39 is 5.97 Å². The van der Waals surface area contributed by atoms with E-state index in [4.69, 9.17) is 14.6 Å². The Balaban J connectivity index is 1.72. The lowest BCUT2D eigenvalue weighted by atomic mass is 9.95. The van der Waals surface area contributed by atoms with E-state index in [0.29, 0.717) is 23.8 Å². The topological polar surface area (TPSA) is 84.9 Å². The van der Waals surface area contributed by atoms with Gasteiger partial charge in [0.25, 0.3) is 0 Å². The van der Waals surface area contributed by atoms with Crippen LogP contribution in [0.5, 0.6) is 5.75 Å². The number of rotatable bonds is 7. The fourth-order valence-electron chi connectivity index (χ4n) is 2.37. The molecule has 0 bridgehead atoms. The molecule has 1 saturated heterocycles. The van der Waals surface area contributed by atoms with Crippen LogP contribution < -0.4 is 10.1 Å². The van der Waals surface area contributed by atoms with Gasteiger partial charge in [0, 0.05) is 25.3 Å². The minimum atomic E-state index is -1.02. The molecule has 1 heterocycles. The quantitative estimate of drug-likeness (QED) is 0.807. The number of benzene rings is 1. The summed E-state index contributed by atoms with van der Waals surface area (Å²) in [6.45, 7) is 1.21. The Hall–Kier alpha value is -2.08. The zero-order valence-electron chi connectivity index (χ0n) is 12.4.